The van der Waals surface area contributed by atoms with Gasteiger partial charge in [0.05, 0.1) is 5.56 Å². The maximum atomic E-state index is 7.42. The van der Waals surface area contributed by atoms with Crippen molar-refractivity contribution >= 4 is 17.6 Å². The highest BCUT2D eigenvalue weighted by molar-refractivity contribution is 7.98. The third kappa shape index (κ3) is 2.01. The van der Waals surface area contributed by atoms with E-state index in [1.54, 1.807) is 0 Å². The zero-order valence-corrected chi connectivity index (χ0v) is 8.83. The standard InChI is InChI=1S/C9H13N3S/c1-5-4-6(2)12-9(13-3)7(5)8(10)11/h4H,1-3H3,(H3,10,11). The maximum absolute atomic E-state index is 7.42. The third-order valence-corrected chi connectivity index (χ3v) is 2.46. The predicted molar refractivity (Wildman–Crippen MR) is 56.5 cm³/mol. The SMILES string of the molecule is CSc1nc(C)cc(C)c1C(=N)N. The first-order chi connectivity index (χ1) is 6.06. The Balaban J connectivity index is 3.38. The fourth-order valence-corrected chi connectivity index (χ4v) is 1.99. The second-order valence-electron chi connectivity index (χ2n) is 2.88. The minimum absolute atomic E-state index is 0.0920. The summed E-state index contributed by atoms with van der Waals surface area (Å²) in [6.45, 7) is 3.89. The van der Waals surface area contributed by atoms with Crippen molar-refractivity contribution in [1.82, 2.24) is 4.98 Å². The lowest BCUT2D eigenvalue weighted by molar-refractivity contribution is 1.03. The largest absolute Gasteiger partial charge is 0.384 e. The first-order valence-electron chi connectivity index (χ1n) is 3.93. The van der Waals surface area contributed by atoms with Crippen LogP contribution in [-0.2, 0) is 0 Å². The van der Waals surface area contributed by atoms with Crippen LogP contribution in [0, 0.1) is 19.3 Å². The third-order valence-electron chi connectivity index (χ3n) is 1.77. The molecule has 0 unspecified atom stereocenters. The number of nitrogens with zero attached hydrogens (tertiary/aromatic N) is 1. The van der Waals surface area contributed by atoms with E-state index in [1.165, 1.54) is 11.8 Å². The molecular formula is C9H13N3S. The van der Waals surface area contributed by atoms with Gasteiger partial charge in [0.25, 0.3) is 0 Å². The van der Waals surface area contributed by atoms with Gasteiger partial charge >= 0.3 is 0 Å². The molecule has 0 atom stereocenters. The molecule has 70 valence electrons. The fourth-order valence-electron chi connectivity index (χ4n) is 1.28. The van der Waals surface area contributed by atoms with Crippen LogP contribution in [0.2, 0.25) is 0 Å². The minimum atomic E-state index is 0.0920. The number of hydrogen-bond donors (Lipinski definition) is 2. The molecule has 1 heterocycles. The fraction of sp³-hybridized carbons (Fsp3) is 0.333. The highest BCUT2D eigenvalue weighted by Gasteiger charge is 2.09. The van der Waals surface area contributed by atoms with Gasteiger partial charge in [-0.2, -0.15) is 0 Å². The van der Waals surface area contributed by atoms with Crippen LogP contribution in [0.15, 0.2) is 11.1 Å². The van der Waals surface area contributed by atoms with E-state index in [1.807, 2.05) is 26.2 Å². The van der Waals surface area contributed by atoms with Gasteiger partial charge in [-0.3, -0.25) is 5.41 Å². The molecule has 0 aliphatic heterocycles. The molecule has 4 heteroatoms. The number of thioether (sulfide) groups is 1. The zero-order chi connectivity index (χ0) is 10.0. The van der Waals surface area contributed by atoms with Gasteiger partial charge in [-0.15, -0.1) is 11.8 Å². The summed E-state index contributed by atoms with van der Waals surface area (Å²) in [7, 11) is 0. The number of aromatic nitrogens is 1. The Morgan fingerprint density at radius 2 is 2.15 bits per heavy atom. The molecule has 0 spiro atoms. The second-order valence-corrected chi connectivity index (χ2v) is 3.67. The number of amidine groups is 1. The first-order valence-corrected chi connectivity index (χ1v) is 5.15. The van der Waals surface area contributed by atoms with Crippen molar-refractivity contribution in [1.29, 1.82) is 5.41 Å². The Morgan fingerprint density at radius 1 is 1.54 bits per heavy atom. The van der Waals surface area contributed by atoms with Gasteiger partial charge in [-0.05, 0) is 31.7 Å². The molecule has 13 heavy (non-hydrogen) atoms. The number of hydrogen-bond acceptors (Lipinski definition) is 3. The normalized spacial score (nSPS) is 10.1. The van der Waals surface area contributed by atoms with E-state index in [-0.39, 0.29) is 5.84 Å². The van der Waals surface area contributed by atoms with Crippen LogP contribution < -0.4 is 5.73 Å². The Labute approximate surface area is 82.3 Å². The van der Waals surface area contributed by atoms with Crippen LogP contribution in [0.4, 0.5) is 0 Å². The van der Waals surface area contributed by atoms with E-state index in [0.717, 1.165) is 21.8 Å². The van der Waals surface area contributed by atoms with Crippen molar-refractivity contribution in [3.8, 4) is 0 Å². The van der Waals surface area contributed by atoms with Gasteiger partial charge in [-0.1, -0.05) is 0 Å². The molecule has 0 bridgehead atoms. The van der Waals surface area contributed by atoms with Crippen LogP contribution in [0.1, 0.15) is 16.8 Å². The van der Waals surface area contributed by atoms with Gasteiger partial charge in [0, 0.05) is 5.69 Å². The monoisotopic (exact) mass is 195 g/mol. The summed E-state index contributed by atoms with van der Waals surface area (Å²) < 4.78 is 0. The molecule has 3 N–H and O–H groups in total. The summed E-state index contributed by atoms with van der Waals surface area (Å²) in [6, 6.07) is 1.94. The molecule has 0 aromatic carbocycles. The lowest BCUT2D eigenvalue weighted by Crippen LogP contribution is -2.15. The number of pyridine rings is 1. The number of nitrogens with two attached hydrogens (primary N) is 1. The van der Waals surface area contributed by atoms with Gasteiger partial charge in [0.2, 0.25) is 0 Å². The zero-order valence-electron chi connectivity index (χ0n) is 8.01. The van der Waals surface area contributed by atoms with Crippen molar-refractivity contribution in [3.63, 3.8) is 0 Å². The van der Waals surface area contributed by atoms with Crippen LogP contribution in [0.5, 0.6) is 0 Å². The summed E-state index contributed by atoms with van der Waals surface area (Å²) in [5.74, 6) is 0.0920. The molecule has 0 saturated carbocycles. The molecule has 0 aliphatic rings. The molecule has 0 radical (unpaired) electrons. The van der Waals surface area contributed by atoms with Crippen molar-refractivity contribution in [2.45, 2.75) is 18.9 Å². The Morgan fingerprint density at radius 3 is 2.62 bits per heavy atom. The molecule has 0 amide bonds. The number of nitrogens with one attached hydrogen (secondary N) is 1. The molecule has 1 aromatic heterocycles. The highest BCUT2D eigenvalue weighted by Crippen LogP contribution is 2.21. The van der Waals surface area contributed by atoms with Crippen molar-refractivity contribution in [2.24, 2.45) is 5.73 Å². The smallest absolute Gasteiger partial charge is 0.125 e. The number of nitrogen functional groups attached to an aromatic ring is 1. The van der Waals surface area contributed by atoms with Crippen molar-refractivity contribution in [2.75, 3.05) is 6.26 Å². The summed E-state index contributed by atoms with van der Waals surface area (Å²) >= 11 is 1.52. The molecular weight excluding hydrogens is 182 g/mol. The molecule has 1 aromatic rings. The second kappa shape index (κ2) is 3.79. The molecule has 0 aliphatic carbocycles. The summed E-state index contributed by atoms with van der Waals surface area (Å²) in [4.78, 5) is 4.32. The first kappa shape index (κ1) is 10.1. The van der Waals surface area contributed by atoms with E-state index in [2.05, 4.69) is 4.98 Å². The summed E-state index contributed by atoms with van der Waals surface area (Å²) in [5.41, 5.74) is 8.22. The maximum Gasteiger partial charge on any atom is 0.125 e. The van der Waals surface area contributed by atoms with Crippen LogP contribution >= 0.6 is 11.8 Å². The van der Waals surface area contributed by atoms with Gasteiger partial charge in [0.15, 0.2) is 0 Å². The predicted octanol–water partition coefficient (Wildman–Crippen LogP) is 1.70. The lowest BCUT2D eigenvalue weighted by atomic mass is 10.1. The Hall–Kier alpha value is -1.03. The van der Waals surface area contributed by atoms with Gasteiger partial charge in [-0.25, -0.2) is 4.98 Å². The van der Waals surface area contributed by atoms with Crippen LogP contribution in [0.25, 0.3) is 0 Å². The van der Waals surface area contributed by atoms with E-state index in [4.69, 9.17) is 11.1 Å². The molecule has 1 rings (SSSR count). The molecule has 0 fully saturated rings. The number of aryl methyl sites for hydroxylation is 2. The van der Waals surface area contributed by atoms with Crippen molar-refractivity contribution in [3.05, 3.63) is 22.9 Å². The van der Waals surface area contributed by atoms with E-state index < -0.39 is 0 Å². The topological polar surface area (TPSA) is 62.8 Å². The van der Waals surface area contributed by atoms with Crippen molar-refractivity contribution < 1.29 is 0 Å². The van der Waals surface area contributed by atoms with E-state index >= 15 is 0 Å². The van der Waals surface area contributed by atoms with Gasteiger partial charge in [0.1, 0.15) is 10.9 Å². The van der Waals surface area contributed by atoms with Crippen LogP contribution in [-0.4, -0.2) is 17.1 Å². The number of rotatable bonds is 2. The lowest BCUT2D eigenvalue weighted by Gasteiger charge is -2.09. The quantitative estimate of drug-likeness (QED) is 0.429. The van der Waals surface area contributed by atoms with E-state index in [9.17, 15) is 0 Å². The average Bonchev–Trinajstić information content (AvgIpc) is 2.01. The molecule has 0 saturated heterocycles. The van der Waals surface area contributed by atoms with Crippen LogP contribution in [0.3, 0.4) is 0 Å². The summed E-state index contributed by atoms with van der Waals surface area (Å²) in [5, 5.41) is 8.25. The van der Waals surface area contributed by atoms with Gasteiger partial charge < -0.3 is 5.73 Å². The Bertz CT molecular complexity index is 347. The Kier molecular flexibility index (Phi) is 2.93. The summed E-state index contributed by atoms with van der Waals surface area (Å²) in [6.07, 6.45) is 1.94. The van der Waals surface area contributed by atoms with E-state index in [0.29, 0.717) is 0 Å². The average molecular weight is 195 g/mol. The minimum Gasteiger partial charge on any atom is -0.384 e. The molecule has 3 nitrogen and oxygen atoms in total. The highest BCUT2D eigenvalue weighted by atomic mass is 32.2.